The largest absolute Gasteiger partial charge is 0.472 e. The van der Waals surface area contributed by atoms with Gasteiger partial charge in [0.05, 0.1) is 33.8 Å². The minimum atomic E-state index is -4.46. The van der Waals surface area contributed by atoms with Crippen LogP contribution in [-0.4, -0.2) is 74.3 Å². The van der Waals surface area contributed by atoms with Crippen molar-refractivity contribution in [3.05, 3.63) is 97.2 Å². The van der Waals surface area contributed by atoms with Gasteiger partial charge >= 0.3 is 13.8 Å². The number of carbonyl (C=O) groups excluding carboxylic acids is 2. The number of allylic oxidation sites excluding steroid dienone is 15. The molecule has 0 heterocycles. The first-order chi connectivity index (χ1) is 40.4. The summed E-state index contributed by atoms with van der Waals surface area (Å²) in [6, 6.07) is -0.861. The lowest BCUT2D eigenvalue weighted by atomic mass is 10.0. The van der Waals surface area contributed by atoms with Crippen molar-refractivity contribution < 1.29 is 37.3 Å². The average Bonchev–Trinajstić information content (AvgIpc) is 3.51. The summed E-state index contributed by atoms with van der Waals surface area (Å²) in [6.45, 7) is 6.95. The number of hydrogen-bond acceptors (Lipinski definition) is 6. The van der Waals surface area contributed by atoms with Gasteiger partial charge in [0.25, 0.3) is 0 Å². The van der Waals surface area contributed by atoms with Gasteiger partial charge < -0.3 is 19.4 Å². The Hall–Kier alpha value is -3.07. The molecule has 0 aromatic carbocycles. The van der Waals surface area contributed by atoms with E-state index >= 15 is 0 Å². The average molecular weight is 1180 g/mol. The Balaban J connectivity index is 5.10. The molecule has 0 aliphatic carbocycles. The lowest BCUT2D eigenvalue weighted by Crippen LogP contribution is -2.47. The molecule has 10 heteroatoms. The number of unbranched alkanes of at least 4 members (excludes halogenated alkanes) is 32. The topological polar surface area (TPSA) is 111 Å². The molecular formula is C73H132N2O7P+. The van der Waals surface area contributed by atoms with Gasteiger partial charge in [0, 0.05) is 12.8 Å². The molecule has 9 nitrogen and oxygen atoms in total. The maximum Gasteiger partial charge on any atom is 0.472 e. The summed E-state index contributed by atoms with van der Waals surface area (Å²) in [4.78, 5) is 37.8. The van der Waals surface area contributed by atoms with Crippen LogP contribution in [0.2, 0.25) is 0 Å². The summed E-state index contributed by atoms with van der Waals surface area (Å²) >= 11 is 0. The number of ether oxygens (including phenoxy) is 1. The van der Waals surface area contributed by atoms with E-state index in [1.807, 2.05) is 33.3 Å². The molecule has 2 N–H and O–H groups in total. The zero-order valence-corrected chi connectivity index (χ0v) is 55.8. The summed E-state index contributed by atoms with van der Waals surface area (Å²) in [5.41, 5.74) is 0. The van der Waals surface area contributed by atoms with Crippen LogP contribution in [0.15, 0.2) is 97.2 Å². The fourth-order valence-electron chi connectivity index (χ4n) is 9.64. The number of likely N-dealkylation sites (N-methyl/N-ethyl adjacent to an activating group) is 1. The zero-order chi connectivity index (χ0) is 60.7. The van der Waals surface area contributed by atoms with Crippen molar-refractivity contribution >= 4 is 19.7 Å². The van der Waals surface area contributed by atoms with Crippen LogP contribution in [0.4, 0.5) is 0 Å². The highest BCUT2D eigenvalue weighted by Crippen LogP contribution is 2.43. The molecule has 0 saturated heterocycles. The molecule has 0 saturated carbocycles. The van der Waals surface area contributed by atoms with Crippen LogP contribution in [0, 0.1) is 0 Å². The number of carbonyl (C=O) groups is 2. The second-order valence-electron chi connectivity index (χ2n) is 24.3. The van der Waals surface area contributed by atoms with E-state index in [4.69, 9.17) is 13.8 Å². The summed E-state index contributed by atoms with van der Waals surface area (Å²) in [5.74, 6) is -0.519. The number of phosphoric ester groups is 1. The van der Waals surface area contributed by atoms with Crippen LogP contribution in [0.3, 0.4) is 0 Å². The summed E-state index contributed by atoms with van der Waals surface area (Å²) in [5, 5.41) is 3.06. The predicted octanol–water partition coefficient (Wildman–Crippen LogP) is 21.9. The highest BCUT2D eigenvalue weighted by Gasteiger charge is 2.30. The molecular weight excluding hydrogens is 1050 g/mol. The van der Waals surface area contributed by atoms with Crippen molar-refractivity contribution in [3.63, 3.8) is 0 Å². The molecule has 83 heavy (non-hydrogen) atoms. The lowest BCUT2D eigenvalue weighted by Gasteiger charge is -2.27. The molecule has 0 rings (SSSR count). The standard InChI is InChI=1S/C73H131N2O7P/c1-7-10-13-16-19-22-25-27-29-31-33-35-36-37-38-40-42-44-46-48-51-54-57-60-63-66-73(77)82-71(64-61-58-55-52-49-24-21-18-15-12-9-3)70(69-81-83(78,79)80-68-67-75(4,5)6)74-72(76)65-62-59-56-53-50-47-45-43-41-39-34-32-30-28-26-23-20-17-14-11-8-2/h19-20,22-23,27-30,33-35,37-39,61,64,70-71H,7-18,21,24-26,31-32,36,40-60,62-63,65-69H2,1-6H3,(H-,74,76,78,79)/p+1/b22-19-,23-20-,29-27-,30-28-,35-33-,38-37-,39-34-,64-61+. The van der Waals surface area contributed by atoms with Gasteiger partial charge in [-0.25, -0.2) is 4.57 Å². The van der Waals surface area contributed by atoms with Gasteiger partial charge in [0.1, 0.15) is 19.3 Å². The molecule has 3 atom stereocenters. The molecule has 0 aromatic heterocycles. The van der Waals surface area contributed by atoms with Crippen molar-refractivity contribution in [2.75, 3.05) is 40.9 Å². The van der Waals surface area contributed by atoms with Crippen LogP contribution in [0.5, 0.6) is 0 Å². The number of phosphoric acid groups is 1. The van der Waals surface area contributed by atoms with Crippen LogP contribution in [0.25, 0.3) is 0 Å². The van der Waals surface area contributed by atoms with E-state index < -0.39 is 20.0 Å². The van der Waals surface area contributed by atoms with E-state index in [0.29, 0.717) is 17.4 Å². The molecule has 480 valence electrons. The molecule has 0 bridgehead atoms. The Bertz CT molecular complexity index is 1740. The number of rotatable bonds is 62. The van der Waals surface area contributed by atoms with Crippen molar-refractivity contribution in [1.82, 2.24) is 5.32 Å². The predicted molar refractivity (Wildman–Crippen MR) is 360 cm³/mol. The fraction of sp³-hybridized carbons (Fsp3) is 0.753. The molecule has 0 aliphatic heterocycles. The number of amides is 1. The van der Waals surface area contributed by atoms with Crippen molar-refractivity contribution in [2.24, 2.45) is 0 Å². The monoisotopic (exact) mass is 1180 g/mol. The first-order valence-electron chi connectivity index (χ1n) is 34.6. The van der Waals surface area contributed by atoms with Gasteiger partial charge in [-0.05, 0) is 115 Å². The third kappa shape index (κ3) is 63.3. The van der Waals surface area contributed by atoms with E-state index in [9.17, 15) is 19.0 Å². The second kappa shape index (κ2) is 62.0. The van der Waals surface area contributed by atoms with Crippen LogP contribution in [-0.2, 0) is 27.9 Å². The summed E-state index contributed by atoms with van der Waals surface area (Å²) in [6.07, 6.45) is 84.1. The molecule has 0 aliphatic rings. The molecule has 0 spiro atoms. The van der Waals surface area contributed by atoms with Crippen LogP contribution >= 0.6 is 7.82 Å². The Kier molecular flexibility index (Phi) is 59.7. The minimum absolute atomic E-state index is 0.0337. The fourth-order valence-corrected chi connectivity index (χ4v) is 10.4. The highest BCUT2D eigenvalue weighted by atomic mass is 31.2. The van der Waals surface area contributed by atoms with E-state index in [-0.39, 0.29) is 31.5 Å². The van der Waals surface area contributed by atoms with Crippen molar-refractivity contribution in [3.8, 4) is 0 Å². The molecule has 3 unspecified atom stereocenters. The third-order valence-electron chi connectivity index (χ3n) is 15.0. The summed E-state index contributed by atoms with van der Waals surface area (Å²) < 4.78 is 30.8. The molecule has 0 radical (unpaired) electrons. The first-order valence-corrected chi connectivity index (χ1v) is 36.1. The maximum atomic E-state index is 13.6. The number of quaternary nitrogens is 1. The Morgan fingerprint density at radius 1 is 0.422 bits per heavy atom. The molecule has 0 fully saturated rings. The van der Waals surface area contributed by atoms with Gasteiger partial charge in [-0.3, -0.25) is 18.6 Å². The van der Waals surface area contributed by atoms with E-state index in [0.717, 1.165) is 116 Å². The molecule has 1 amide bonds. The maximum absolute atomic E-state index is 13.6. The van der Waals surface area contributed by atoms with Gasteiger partial charge in [-0.15, -0.1) is 0 Å². The Morgan fingerprint density at radius 2 is 0.735 bits per heavy atom. The van der Waals surface area contributed by atoms with Crippen LogP contribution in [0.1, 0.15) is 303 Å². The quantitative estimate of drug-likeness (QED) is 0.0205. The Labute approximate surface area is 513 Å². The number of nitrogens with one attached hydrogen (secondary N) is 1. The Morgan fingerprint density at radius 3 is 1.12 bits per heavy atom. The first kappa shape index (κ1) is 79.9. The normalized spacial score (nSPS) is 14.2. The number of nitrogens with zero attached hydrogens (tertiary/aromatic N) is 1. The van der Waals surface area contributed by atoms with Crippen molar-refractivity contribution in [2.45, 2.75) is 315 Å². The summed E-state index contributed by atoms with van der Waals surface area (Å²) in [7, 11) is 1.48. The SMILES string of the molecule is CCCCC/C=C\C/C=C\C/C=C\C/C=C\CCCCCCCCCCCC(=O)OC(/C=C/CCCCCCCCCCC)C(COP(=O)(O)OCC[N+](C)(C)C)NC(=O)CCCCCCCCCC/C=C\C/C=C\C/C=C\CCCCC. The highest BCUT2D eigenvalue weighted by molar-refractivity contribution is 7.47. The van der Waals surface area contributed by atoms with Gasteiger partial charge in [-0.1, -0.05) is 272 Å². The third-order valence-corrected chi connectivity index (χ3v) is 16.0. The van der Waals surface area contributed by atoms with E-state index in [1.54, 1.807) is 0 Å². The van der Waals surface area contributed by atoms with Gasteiger partial charge in [0.2, 0.25) is 5.91 Å². The van der Waals surface area contributed by atoms with Crippen molar-refractivity contribution in [1.29, 1.82) is 0 Å². The minimum Gasteiger partial charge on any atom is -0.456 e. The lowest BCUT2D eigenvalue weighted by molar-refractivity contribution is -0.870. The van der Waals surface area contributed by atoms with Gasteiger partial charge in [-0.2, -0.15) is 0 Å². The van der Waals surface area contributed by atoms with Crippen LogP contribution < -0.4 is 5.32 Å². The van der Waals surface area contributed by atoms with E-state index in [1.165, 1.54) is 154 Å². The smallest absolute Gasteiger partial charge is 0.456 e. The second-order valence-corrected chi connectivity index (χ2v) is 25.8. The van der Waals surface area contributed by atoms with Gasteiger partial charge in [0.15, 0.2) is 0 Å². The number of hydrogen-bond donors (Lipinski definition) is 2. The molecule has 0 aromatic rings. The zero-order valence-electron chi connectivity index (χ0n) is 54.9. The number of esters is 1. The van der Waals surface area contributed by atoms with E-state index in [2.05, 4.69) is 111 Å².